The Hall–Kier alpha value is -3.50. The van der Waals surface area contributed by atoms with E-state index in [-0.39, 0.29) is 29.2 Å². The highest BCUT2D eigenvalue weighted by Gasteiger charge is 2.41. The number of likely N-dealkylation sites (tertiary alicyclic amines) is 2. The van der Waals surface area contributed by atoms with Gasteiger partial charge in [0, 0.05) is 30.4 Å². The Bertz CT molecular complexity index is 1570. The first-order valence-electron chi connectivity index (χ1n) is 15.1. The van der Waals surface area contributed by atoms with Gasteiger partial charge in [0.05, 0.1) is 11.7 Å². The van der Waals surface area contributed by atoms with Gasteiger partial charge < -0.3 is 14.8 Å². The third-order valence-electron chi connectivity index (χ3n) is 9.35. The maximum Gasteiger partial charge on any atom is 0.229 e. The molecule has 6 rings (SSSR count). The smallest absolute Gasteiger partial charge is 0.229 e. The van der Waals surface area contributed by atoms with E-state index in [0.717, 1.165) is 31.4 Å². The minimum Gasteiger partial charge on any atom is -0.326 e. The highest BCUT2D eigenvalue weighted by molar-refractivity contribution is 5.83. The highest BCUT2D eigenvalue weighted by atomic mass is 19.1. The first-order valence-corrected chi connectivity index (χ1v) is 15.1. The van der Waals surface area contributed by atoms with Crippen molar-refractivity contribution in [2.75, 3.05) is 38.0 Å². The van der Waals surface area contributed by atoms with E-state index in [1.54, 1.807) is 6.07 Å². The third kappa shape index (κ3) is 5.38. The summed E-state index contributed by atoms with van der Waals surface area (Å²) in [7, 11) is 0. The molecule has 0 radical (unpaired) electrons. The average Bonchev–Trinajstić information content (AvgIpc) is 3.55. The third-order valence-corrected chi connectivity index (χ3v) is 9.35. The molecule has 42 heavy (non-hydrogen) atoms. The molecule has 1 N–H and O–H groups in total. The van der Waals surface area contributed by atoms with Crippen molar-refractivity contribution in [3.05, 3.63) is 59.7 Å². The van der Waals surface area contributed by atoms with E-state index < -0.39 is 11.6 Å². The molecular weight excluding hydrogens is 534 g/mol. The fraction of sp³-hybridized carbons (Fsp3) is 0.500. The fourth-order valence-corrected chi connectivity index (χ4v) is 6.79. The Morgan fingerprint density at radius 3 is 2.40 bits per heavy atom. The Labute approximate surface area is 246 Å². The van der Waals surface area contributed by atoms with Crippen molar-refractivity contribution in [3.63, 3.8) is 0 Å². The molecule has 2 saturated heterocycles. The predicted molar refractivity (Wildman–Crippen MR) is 162 cm³/mol. The van der Waals surface area contributed by atoms with Crippen LogP contribution in [0.1, 0.15) is 70.4 Å². The molecule has 8 nitrogen and oxygen atoms in total. The van der Waals surface area contributed by atoms with Crippen LogP contribution in [0.2, 0.25) is 0 Å². The molecule has 2 aliphatic rings. The molecule has 1 aromatic carbocycles. The molecule has 2 aliphatic heterocycles. The van der Waals surface area contributed by atoms with Gasteiger partial charge in [-0.3, -0.25) is 4.90 Å². The minimum atomic E-state index is -0.632. The van der Waals surface area contributed by atoms with E-state index in [4.69, 9.17) is 0 Å². The molecule has 0 amide bonds. The predicted octanol–water partition coefficient (Wildman–Crippen LogP) is 6.67. The summed E-state index contributed by atoms with van der Waals surface area (Å²) in [5.41, 5.74) is 2.82. The van der Waals surface area contributed by atoms with Gasteiger partial charge >= 0.3 is 0 Å². The van der Waals surface area contributed by atoms with Crippen LogP contribution in [0.5, 0.6) is 0 Å². The van der Waals surface area contributed by atoms with E-state index in [1.807, 2.05) is 37.6 Å². The van der Waals surface area contributed by atoms with Crippen LogP contribution in [0, 0.1) is 24.0 Å². The van der Waals surface area contributed by atoms with Gasteiger partial charge in [0.1, 0.15) is 22.9 Å². The lowest BCUT2D eigenvalue weighted by atomic mass is 9.78. The number of fused-ring (bicyclic) bond motifs is 1. The van der Waals surface area contributed by atoms with Crippen molar-refractivity contribution in [2.45, 2.75) is 66.0 Å². The number of anilines is 2. The topological polar surface area (TPSA) is 75.0 Å². The zero-order valence-electron chi connectivity index (χ0n) is 25.2. The van der Waals surface area contributed by atoms with Gasteiger partial charge in [-0.2, -0.15) is 0 Å². The SMILES string of the molecule is CCN1CCC2(CC1)CCN([C@H](C)c1ccc(Nc3ncc(F)c(-c4cc(F)c5nc(C)n(C(C)C)c5c4)n3)nc1)C2. The molecule has 1 spiro atoms. The van der Waals surface area contributed by atoms with Crippen molar-refractivity contribution >= 4 is 22.8 Å². The van der Waals surface area contributed by atoms with Gasteiger partial charge in [0.15, 0.2) is 11.6 Å². The Morgan fingerprint density at radius 2 is 1.71 bits per heavy atom. The van der Waals surface area contributed by atoms with Crippen LogP contribution in [0.25, 0.3) is 22.3 Å². The Balaban J connectivity index is 1.17. The monoisotopic (exact) mass is 574 g/mol. The second-order valence-electron chi connectivity index (χ2n) is 12.3. The van der Waals surface area contributed by atoms with Crippen LogP contribution in [0.3, 0.4) is 0 Å². The molecule has 4 aromatic rings. The number of piperidine rings is 1. The standard InChI is InChI=1S/C32H40F2N8/c1-6-40-12-9-32(10-13-40)11-14-41(19-32)21(4)23-7-8-28(35-17-23)38-31-36-18-26(34)29(39-31)24-15-25(33)30-27(16-24)42(20(2)3)22(5)37-30/h7-8,15-18,20-21H,6,9-14,19H2,1-5H3,(H,35,36,38,39)/t21-/m1/s1. The number of pyridine rings is 1. The summed E-state index contributed by atoms with van der Waals surface area (Å²) in [4.78, 5) is 22.6. The zero-order valence-corrected chi connectivity index (χ0v) is 25.2. The van der Waals surface area contributed by atoms with Crippen molar-refractivity contribution in [1.29, 1.82) is 0 Å². The number of aromatic nitrogens is 5. The maximum atomic E-state index is 15.0. The van der Waals surface area contributed by atoms with Crippen molar-refractivity contribution in [3.8, 4) is 11.3 Å². The van der Waals surface area contributed by atoms with Crippen LogP contribution in [-0.4, -0.2) is 67.0 Å². The first kappa shape index (κ1) is 28.6. The number of rotatable bonds is 7. The van der Waals surface area contributed by atoms with Crippen LogP contribution < -0.4 is 5.32 Å². The Kier molecular flexibility index (Phi) is 7.70. The van der Waals surface area contributed by atoms with Crippen LogP contribution in [0.4, 0.5) is 20.5 Å². The van der Waals surface area contributed by atoms with Gasteiger partial charge in [-0.1, -0.05) is 13.0 Å². The summed E-state index contributed by atoms with van der Waals surface area (Å²) in [6, 6.07) is 7.33. The van der Waals surface area contributed by atoms with E-state index in [1.165, 1.54) is 38.4 Å². The number of nitrogens with one attached hydrogen (secondary N) is 1. The summed E-state index contributed by atoms with van der Waals surface area (Å²) in [6.45, 7) is 16.2. The molecule has 222 valence electrons. The van der Waals surface area contributed by atoms with Crippen molar-refractivity contribution in [2.24, 2.45) is 5.41 Å². The number of benzene rings is 1. The fourth-order valence-electron chi connectivity index (χ4n) is 6.79. The normalized spacial score (nSPS) is 18.4. The van der Waals surface area contributed by atoms with Crippen LogP contribution in [-0.2, 0) is 0 Å². The number of hydrogen-bond acceptors (Lipinski definition) is 7. The highest BCUT2D eigenvalue weighted by Crippen LogP contribution is 2.43. The van der Waals surface area contributed by atoms with Gasteiger partial charge in [0.25, 0.3) is 0 Å². The molecular formula is C32H40F2N8. The van der Waals surface area contributed by atoms with E-state index in [2.05, 4.69) is 55.0 Å². The number of hydrogen-bond donors (Lipinski definition) is 1. The molecule has 3 aromatic heterocycles. The average molecular weight is 575 g/mol. The summed E-state index contributed by atoms with van der Waals surface area (Å²) < 4.78 is 31.9. The van der Waals surface area contributed by atoms with Crippen LogP contribution >= 0.6 is 0 Å². The second-order valence-corrected chi connectivity index (χ2v) is 12.3. The van der Waals surface area contributed by atoms with Gasteiger partial charge in [0.2, 0.25) is 5.95 Å². The van der Waals surface area contributed by atoms with Gasteiger partial charge in [-0.05, 0) is 102 Å². The molecule has 0 unspecified atom stereocenters. The number of halogens is 2. The first-order chi connectivity index (χ1) is 20.2. The van der Waals surface area contributed by atoms with Crippen molar-refractivity contribution in [1.82, 2.24) is 34.3 Å². The van der Waals surface area contributed by atoms with E-state index >= 15 is 4.39 Å². The summed E-state index contributed by atoms with van der Waals surface area (Å²) in [5, 5.41) is 3.09. The lowest BCUT2D eigenvalue weighted by Gasteiger charge is -2.39. The maximum absolute atomic E-state index is 15.0. The molecule has 0 bridgehead atoms. The molecule has 1 atom stereocenters. The van der Waals surface area contributed by atoms with Crippen molar-refractivity contribution < 1.29 is 8.78 Å². The lowest BCUT2D eigenvalue weighted by Crippen LogP contribution is -2.41. The summed E-state index contributed by atoms with van der Waals surface area (Å²) in [5.74, 6) is 0.302. The second kappa shape index (κ2) is 11.3. The largest absolute Gasteiger partial charge is 0.326 e. The number of nitrogens with zero attached hydrogens (tertiary/aromatic N) is 7. The molecule has 5 heterocycles. The summed E-state index contributed by atoms with van der Waals surface area (Å²) >= 11 is 0. The lowest BCUT2D eigenvalue weighted by molar-refractivity contribution is 0.105. The summed E-state index contributed by atoms with van der Waals surface area (Å²) in [6.07, 6.45) is 6.82. The quantitative estimate of drug-likeness (QED) is 0.264. The van der Waals surface area contributed by atoms with Crippen LogP contribution in [0.15, 0.2) is 36.7 Å². The number of aryl methyl sites for hydroxylation is 1. The van der Waals surface area contributed by atoms with Gasteiger partial charge in [-0.25, -0.2) is 28.7 Å². The van der Waals surface area contributed by atoms with Gasteiger partial charge in [-0.15, -0.1) is 0 Å². The molecule has 10 heteroatoms. The van der Waals surface area contributed by atoms with E-state index in [0.29, 0.717) is 28.1 Å². The Morgan fingerprint density at radius 1 is 0.952 bits per heavy atom. The number of imidazole rings is 1. The molecule has 2 fully saturated rings. The van der Waals surface area contributed by atoms with E-state index in [9.17, 15) is 4.39 Å². The minimum absolute atomic E-state index is 0.0143. The zero-order chi connectivity index (χ0) is 29.6. The molecule has 0 aliphatic carbocycles. The molecule has 0 saturated carbocycles.